The Bertz CT molecular complexity index is 754. The van der Waals surface area contributed by atoms with Crippen molar-refractivity contribution in [1.82, 2.24) is 8.87 Å². The van der Waals surface area contributed by atoms with Gasteiger partial charge in [-0.15, -0.1) is 0 Å². The fourth-order valence-corrected chi connectivity index (χ4v) is 4.62. The van der Waals surface area contributed by atoms with Gasteiger partial charge in [-0.3, -0.25) is 0 Å². The van der Waals surface area contributed by atoms with Crippen LogP contribution in [0.5, 0.6) is 0 Å². The number of aliphatic hydroxyl groups excluding tert-OH is 1. The van der Waals surface area contributed by atoms with Crippen molar-refractivity contribution in [2.75, 3.05) is 18.8 Å². The van der Waals surface area contributed by atoms with Gasteiger partial charge >= 0.3 is 0 Å². The van der Waals surface area contributed by atoms with Crippen molar-refractivity contribution in [3.63, 3.8) is 0 Å². The zero-order valence-corrected chi connectivity index (χ0v) is 14.0. The molecule has 1 atom stereocenters. The van der Waals surface area contributed by atoms with Crippen LogP contribution in [-0.4, -0.2) is 38.9 Å². The van der Waals surface area contributed by atoms with Gasteiger partial charge in [0.25, 0.3) is 0 Å². The lowest BCUT2D eigenvalue weighted by molar-refractivity contribution is 0.132. The topological polar surface area (TPSA) is 28.4 Å². The van der Waals surface area contributed by atoms with E-state index < -0.39 is 0 Å². The quantitative estimate of drug-likeness (QED) is 0.737. The summed E-state index contributed by atoms with van der Waals surface area (Å²) in [7, 11) is 0. The van der Waals surface area contributed by atoms with Gasteiger partial charge in [0, 0.05) is 40.6 Å². The van der Waals surface area contributed by atoms with E-state index in [-0.39, 0.29) is 6.10 Å². The summed E-state index contributed by atoms with van der Waals surface area (Å²) >= 11 is 1.88. The molecule has 3 nitrogen and oxygen atoms in total. The van der Waals surface area contributed by atoms with E-state index in [1.165, 1.54) is 40.4 Å². The summed E-state index contributed by atoms with van der Waals surface area (Å²) in [6.07, 6.45) is 2.19. The van der Waals surface area contributed by atoms with Gasteiger partial charge in [-0.1, -0.05) is 48.3 Å². The number of benzene rings is 2. The molecule has 2 heterocycles. The maximum atomic E-state index is 10.6. The number of hydrogen-bond donors (Lipinski definition) is 1. The predicted molar refractivity (Wildman–Crippen MR) is 98.7 cm³/mol. The summed E-state index contributed by atoms with van der Waals surface area (Å²) in [6, 6.07) is 17.0. The van der Waals surface area contributed by atoms with Crippen molar-refractivity contribution >= 4 is 33.8 Å². The highest BCUT2D eigenvalue weighted by atomic mass is 32.2. The molecule has 120 valence electrons. The van der Waals surface area contributed by atoms with E-state index in [9.17, 15) is 5.11 Å². The highest BCUT2D eigenvalue weighted by Crippen LogP contribution is 2.29. The Kier molecular flexibility index (Phi) is 4.29. The average Bonchev–Trinajstić information content (AvgIpc) is 2.90. The van der Waals surface area contributed by atoms with Crippen LogP contribution in [0, 0.1) is 0 Å². The Morgan fingerprint density at radius 3 is 2.17 bits per heavy atom. The van der Waals surface area contributed by atoms with Gasteiger partial charge in [0.1, 0.15) is 0 Å². The molecular formula is C19H22N2OS. The molecule has 23 heavy (non-hydrogen) atoms. The summed E-state index contributed by atoms with van der Waals surface area (Å²) in [4.78, 5) is 0. The maximum absolute atomic E-state index is 10.6. The first-order chi connectivity index (χ1) is 11.3. The molecule has 4 rings (SSSR count). The molecule has 1 aliphatic rings. The van der Waals surface area contributed by atoms with Crippen molar-refractivity contribution in [1.29, 1.82) is 0 Å². The molecule has 0 spiro atoms. The summed E-state index contributed by atoms with van der Waals surface area (Å²) in [5.41, 5.74) is 2.41. The van der Waals surface area contributed by atoms with E-state index in [2.05, 4.69) is 57.4 Å². The number of fused-ring (bicyclic) bond motifs is 3. The van der Waals surface area contributed by atoms with Crippen LogP contribution in [0.4, 0.5) is 0 Å². The van der Waals surface area contributed by atoms with Crippen molar-refractivity contribution in [3.05, 3.63) is 48.5 Å². The maximum Gasteiger partial charge on any atom is 0.0855 e. The Morgan fingerprint density at radius 1 is 0.913 bits per heavy atom. The lowest BCUT2D eigenvalue weighted by Crippen LogP contribution is -2.33. The molecular weight excluding hydrogens is 304 g/mol. The number of nitrogens with zero attached hydrogens (tertiary/aromatic N) is 2. The zero-order valence-electron chi connectivity index (χ0n) is 13.2. The monoisotopic (exact) mass is 326 g/mol. The lowest BCUT2D eigenvalue weighted by Gasteiger charge is -2.27. The minimum atomic E-state index is -0.347. The van der Waals surface area contributed by atoms with Crippen molar-refractivity contribution < 1.29 is 5.11 Å². The summed E-state index contributed by atoms with van der Waals surface area (Å²) < 4.78 is 4.59. The number of β-amino-alcohol motifs (C(OH)–C–C–N with tert-alkyl or cyclic N) is 1. The van der Waals surface area contributed by atoms with Gasteiger partial charge in [0.2, 0.25) is 0 Å². The SMILES string of the molecule is OC(CN1CCCCS1)Cn1c2ccccc2c2ccccc21. The van der Waals surface area contributed by atoms with Crippen LogP contribution in [0.25, 0.3) is 21.8 Å². The molecule has 0 aliphatic carbocycles. The van der Waals surface area contributed by atoms with Crippen LogP contribution in [0.3, 0.4) is 0 Å². The number of aromatic nitrogens is 1. The van der Waals surface area contributed by atoms with E-state index in [4.69, 9.17) is 0 Å². The second kappa shape index (κ2) is 6.56. The van der Waals surface area contributed by atoms with E-state index in [1.54, 1.807) is 0 Å². The molecule has 2 aromatic carbocycles. The van der Waals surface area contributed by atoms with E-state index in [0.29, 0.717) is 6.54 Å². The first-order valence-electron chi connectivity index (χ1n) is 8.35. The lowest BCUT2D eigenvalue weighted by atomic mass is 10.2. The minimum absolute atomic E-state index is 0.347. The average molecular weight is 326 g/mol. The molecule has 1 N–H and O–H groups in total. The van der Waals surface area contributed by atoms with Crippen molar-refractivity contribution in [3.8, 4) is 0 Å². The van der Waals surface area contributed by atoms with Crippen molar-refractivity contribution in [2.45, 2.75) is 25.5 Å². The second-order valence-corrected chi connectivity index (χ2v) is 7.41. The predicted octanol–water partition coefficient (Wildman–Crippen LogP) is 3.90. The van der Waals surface area contributed by atoms with Crippen LogP contribution >= 0.6 is 11.9 Å². The number of hydrogen-bond acceptors (Lipinski definition) is 3. The smallest absolute Gasteiger partial charge is 0.0855 e. The highest BCUT2D eigenvalue weighted by molar-refractivity contribution is 7.97. The van der Waals surface area contributed by atoms with E-state index in [1.807, 2.05) is 11.9 Å². The zero-order chi connectivity index (χ0) is 15.6. The highest BCUT2D eigenvalue weighted by Gasteiger charge is 2.18. The van der Waals surface area contributed by atoms with Gasteiger partial charge in [-0.05, 0) is 25.0 Å². The standard InChI is InChI=1S/C19H22N2OS/c22-15(13-20-11-5-6-12-23-20)14-21-18-9-3-1-7-16(18)17-8-2-4-10-19(17)21/h1-4,7-10,15,22H,5-6,11-14H2. The van der Waals surface area contributed by atoms with Crippen LogP contribution in [0.15, 0.2) is 48.5 Å². The molecule has 1 saturated heterocycles. The minimum Gasteiger partial charge on any atom is -0.390 e. The van der Waals surface area contributed by atoms with Crippen LogP contribution < -0.4 is 0 Å². The first kappa shape index (κ1) is 15.1. The largest absolute Gasteiger partial charge is 0.390 e. The molecule has 1 aromatic heterocycles. The Hall–Kier alpha value is -1.49. The molecule has 3 aromatic rings. The fourth-order valence-electron chi connectivity index (χ4n) is 3.50. The Labute approximate surface area is 141 Å². The molecule has 4 heteroatoms. The summed E-state index contributed by atoms with van der Waals surface area (Å²) in [5, 5.41) is 13.1. The molecule has 0 bridgehead atoms. The summed E-state index contributed by atoms with van der Waals surface area (Å²) in [6.45, 7) is 2.48. The first-order valence-corrected chi connectivity index (χ1v) is 9.29. The van der Waals surface area contributed by atoms with E-state index >= 15 is 0 Å². The third kappa shape index (κ3) is 2.99. The third-order valence-electron chi connectivity index (χ3n) is 4.56. The van der Waals surface area contributed by atoms with Crippen molar-refractivity contribution in [2.24, 2.45) is 0 Å². The van der Waals surface area contributed by atoms with Crippen LogP contribution in [-0.2, 0) is 6.54 Å². The third-order valence-corrected chi connectivity index (χ3v) is 5.73. The molecule has 1 fully saturated rings. The Balaban J connectivity index is 1.64. The normalized spacial score (nSPS) is 17.8. The number of rotatable bonds is 4. The van der Waals surface area contributed by atoms with Gasteiger partial charge in [-0.2, -0.15) is 0 Å². The fraction of sp³-hybridized carbons (Fsp3) is 0.368. The second-order valence-electron chi connectivity index (χ2n) is 6.23. The molecule has 1 unspecified atom stereocenters. The Morgan fingerprint density at radius 2 is 1.57 bits per heavy atom. The van der Waals surface area contributed by atoms with E-state index in [0.717, 1.165) is 13.1 Å². The number of aliphatic hydroxyl groups is 1. The number of para-hydroxylation sites is 2. The van der Waals surface area contributed by atoms with Crippen LogP contribution in [0.2, 0.25) is 0 Å². The van der Waals surface area contributed by atoms with Gasteiger partial charge in [0.15, 0.2) is 0 Å². The van der Waals surface area contributed by atoms with Gasteiger partial charge < -0.3 is 9.67 Å². The van der Waals surface area contributed by atoms with Gasteiger partial charge in [0.05, 0.1) is 12.6 Å². The van der Waals surface area contributed by atoms with Crippen LogP contribution in [0.1, 0.15) is 12.8 Å². The molecule has 0 amide bonds. The molecule has 0 saturated carbocycles. The molecule has 0 radical (unpaired) electrons. The summed E-state index contributed by atoms with van der Waals surface area (Å²) in [5.74, 6) is 1.18. The molecule has 1 aliphatic heterocycles. The van der Waals surface area contributed by atoms with Gasteiger partial charge in [-0.25, -0.2) is 4.31 Å².